The molecule has 0 fully saturated rings. The molecule has 0 aromatic heterocycles. The lowest BCUT2D eigenvalue weighted by atomic mass is 10.4. The molecule has 94 valence electrons. The van der Waals surface area contributed by atoms with Crippen LogP contribution < -0.4 is 0 Å². The second-order valence-corrected chi connectivity index (χ2v) is 3.88. The van der Waals surface area contributed by atoms with E-state index in [1.54, 1.807) is 13.0 Å². The van der Waals surface area contributed by atoms with Crippen LogP contribution in [0.15, 0.2) is 10.1 Å². The van der Waals surface area contributed by atoms with Gasteiger partial charge in [-0.05, 0) is 6.92 Å². The molecule has 0 N–H and O–H groups in total. The number of amidine groups is 1. The van der Waals surface area contributed by atoms with Crippen LogP contribution in [0.2, 0.25) is 0 Å². The predicted molar refractivity (Wildman–Crippen MR) is 62.2 cm³/mol. The molecule has 0 aromatic carbocycles. The maximum absolute atomic E-state index is 11.2. The van der Waals surface area contributed by atoms with E-state index in [1.807, 2.05) is 21.1 Å². The number of quaternary nitrogens is 1. The first-order chi connectivity index (χ1) is 7.86. The molecular formula is C10H17N4O3+. The van der Waals surface area contributed by atoms with E-state index in [9.17, 15) is 4.79 Å². The van der Waals surface area contributed by atoms with Gasteiger partial charge in [0.1, 0.15) is 6.07 Å². The van der Waals surface area contributed by atoms with Crippen LogP contribution in [-0.4, -0.2) is 57.0 Å². The minimum atomic E-state index is -0.813. The quantitative estimate of drug-likeness (QED) is 0.231. The van der Waals surface area contributed by atoms with Crippen molar-refractivity contribution in [2.75, 3.05) is 34.8 Å². The first kappa shape index (κ1) is 15.1. The molecule has 0 radical (unpaired) electrons. The van der Waals surface area contributed by atoms with Crippen LogP contribution in [0.25, 0.3) is 0 Å². The molecule has 0 heterocycles. The molecule has 0 bridgehead atoms. The highest BCUT2D eigenvalue weighted by Gasteiger charge is 2.21. The van der Waals surface area contributed by atoms with E-state index in [0.29, 0.717) is 0 Å². The van der Waals surface area contributed by atoms with E-state index < -0.39 is 11.7 Å². The summed E-state index contributed by atoms with van der Waals surface area (Å²) < 4.78 is 4.91. The minimum absolute atomic E-state index is 0.170. The SMILES string of the molecule is CCOC(=O)C(C#N)=NOC(=NC)[N+](C)(C)C. The van der Waals surface area contributed by atoms with Crippen LogP contribution in [0.1, 0.15) is 6.92 Å². The molecule has 0 aliphatic carbocycles. The highest BCUT2D eigenvalue weighted by molar-refractivity contribution is 6.42. The van der Waals surface area contributed by atoms with Gasteiger partial charge in [0.25, 0.3) is 5.71 Å². The lowest BCUT2D eigenvalue weighted by molar-refractivity contribution is -0.787. The van der Waals surface area contributed by atoms with Crippen molar-refractivity contribution in [1.82, 2.24) is 0 Å². The van der Waals surface area contributed by atoms with E-state index in [4.69, 9.17) is 10.1 Å². The number of carbonyl (C=O) groups excluding carboxylic acids is 1. The van der Waals surface area contributed by atoms with E-state index in [2.05, 4.69) is 14.9 Å². The summed E-state index contributed by atoms with van der Waals surface area (Å²) in [6, 6.07) is 1.87. The standard InChI is InChI=1S/C10H17N4O3/c1-6-16-9(15)8(7-11)13-17-10(12-2)14(3,4)5/h6H2,1-5H3/q+1. The number of nitrogens with zero attached hydrogens (tertiary/aromatic N) is 4. The Morgan fingerprint density at radius 2 is 2.00 bits per heavy atom. The van der Waals surface area contributed by atoms with Crippen molar-refractivity contribution < 1.29 is 18.9 Å². The molecule has 0 spiro atoms. The van der Waals surface area contributed by atoms with Crippen molar-refractivity contribution >= 4 is 17.7 Å². The molecule has 0 amide bonds. The first-order valence-corrected chi connectivity index (χ1v) is 4.97. The summed E-state index contributed by atoms with van der Waals surface area (Å²) in [7, 11) is 6.97. The summed E-state index contributed by atoms with van der Waals surface area (Å²) in [6.45, 7) is 1.81. The van der Waals surface area contributed by atoms with Crippen LogP contribution in [0.3, 0.4) is 0 Å². The van der Waals surface area contributed by atoms with Crippen LogP contribution in [0.4, 0.5) is 0 Å². The summed E-state index contributed by atoms with van der Waals surface area (Å²) in [5.41, 5.74) is -0.443. The number of esters is 1. The Balaban J connectivity index is 4.80. The van der Waals surface area contributed by atoms with Gasteiger partial charge >= 0.3 is 12.0 Å². The monoisotopic (exact) mass is 241 g/mol. The van der Waals surface area contributed by atoms with Crippen LogP contribution >= 0.6 is 0 Å². The number of hydrogen-bond acceptors (Lipinski definition) is 6. The molecule has 0 aliphatic rings. The van der Waals surface area contributed by atoms with E-state index in [1.165, 1.54) is 7.05 Å². The van der Waals surface area contributed by atoms with Gasteiger partial charge in [0, 0.05) is 7.05 Å². The zero-order valence-corrected chi connectivity index (χ0v) is 10.7. The fourth-order valence-corrected chi connectivity index (χ4v) is 0.853. The number of ether oxygens (including phenoxy) is 1. The van der Waals surface area contributed by atoms with Gasteiger partial charge in [-0.25, -0.2) is 14.3 Å². The summed E-state index contributed by atoms with van der Waals surface area (Å²) in [6.07, 6.45) is 0. The largest absolute Gasteiger partial charge is 0.461 e. The van der Waals surface area contributed by atoms with Crippen molar-refractivity contribution in [3.63, 3.8) is 0 Å². The molecule has 17 heavy (non-hydrogen) atoms. The molecule has 0 atom stereocenters. The van der Waals surface area contributed by atoms with Crippen LogP contribution in [-0.2, 0) is 14.4 Å². The number of hydrogen-bond donors (Lipinski definition) is 0. The second-order valence-electron chi connectivity index (χ2n) is 3.88. The van der Waals surface area contributed by atoms with E-state index >= 15 is 0 Å². The molecule has 7 nitrogen and oxygen atoms in total. The molecule has 0 aliphatic heterocycles. The van der Waals surface area contributed by atoms with Crippen molar-refractivity contribution in [1.29, 1.82) is 5.26 Å². The van der Waals surface area contributed by atoms with Gasteiger partial charge in [-0.3, -0.25) is 4.84 Å². The molecule has 7 heteroatoms. The topological polar surface area (TPSA) is 84.0 Å². The van der Waals surface area contributed by atoms with Gasteiger partial charge in [-0.2, -0.15) is 5.26 Å². The number of rotatable bonds is 3. The molecule has 0 saturated heterocycles. The highest BCUT2D eigenvalue weighted by atomic mass is 16.7. The molecular weight excluding hydrogens is 224 g/mol. The molecule has 0 aromatic rings. The molecule has 0 saturated carbocycles. The van der Waals surface area contributed by atoms with Crippen LogP contribution in [0, 0.1) is 11.3 Å². The highest BCUT2D eigenvalue weighted by Crippen LogP contribution is 1.98. The molecule has 0 unspecified atom stereocenters. The lowest BCUT2D eigenvalue weighted by Crippen LogP contribution is -2.42. The van der Waals surface area contributed by atoms with Crippen molar-refractivity contribution in [3.05, 3.63) is 0 Å². The Bertz CT molecular complexity index is 374. The third kappa shape index (κ3) is 5.08. The number of carbonyl (C=O) groups is 1. The van der Waals surface area contributed by atoms with E-state index in [-0.39, 0.29) is 17.1 Å². The maximum Gasteiger partial charge on any atom is 0.419 e. The Hall–Kier alpha value is -1.94. The number of nitriles is 1. The van der Waals surface area contributed by atoms with E-state index in [0.717, 1.165) is 0 Å². The summed E-state index contributed by atoms with van der Waals surface area (Å²) in [5, 5.41) is 12.1. The average molecular weight is 241 g/mol. The number of aliphatic imine (C=N–C) groups is 1. The third-order valence-electron chi connectivity index (χ3n) is 1.56. The van der Waals surface area contributed by atoms with Gasteiger partial charge in [0.05, 0.1) is 27.7 Å². The third-order valence-corrected chi connectivity index (χ3v) is 1.56. The minimum Gasteiger partial charge on any atom is -0.461 e. The molecule has 0 rings (SSSR count). The maximum atomic E-state index is 11.2. The average Bonchev–Trinajstić information content (AvgIpc) is 2.23. The zero-order valence-electron chi connectivity index (χ0n) is 10.7. The van der Waals surface area contributed by atoms with Gasteiger partial charge in [0.15, 0.2) is 0 Å². The lowest BCUT2D eigenvalue weighted by Gasteiger charge is -2.20. The normalized spacial score (nSPS) is 12.9. The van der Waals surface area contributed by atoms with Crippen LogP contribution in [0.5, 0.6) is 0 Å². The second kappa shape index (κ2) is 6.60. The Morgan fingerprint density at radius 1 is 1.41 bits per heavy atom. The van der Waals surface area contributed by atoms with Gasteiger partial charge in [0.2, 0.25) is 0 Å². The van der Waals surface area contributed by atoms with Gasteiger partial charge in [-0.15, -0.1) is 0 Å². The fraction of sp³-hybridized carbons (Fsp3) is 0.600. The summed E-state index contributed by atoms with van der Waals surface area (Å²) >= 11 is 0. The predicted octanol–water partition coefficient (Wildman–Crippen LogP) is 0.138. The summed E-state index contributed by atoms with van der Waals surface area (Å²) in [4.78, 5) is 20.1. The van der Waals surface area contributed by atoms with Gasteiger partial charge < -0.3 is 4.74 Å². The Morgan fingerprint density at radius 3 is 2.35 bits per heavy atom. The van der Waals surface area contributed by atoms with Gasteiger partial charge in [-0.1, -0.05) is 5.16 Å². The van der Waals surface area contributed by atoms with Crippen molar-refractivity contribution in [2.24, 2.45) is 10.1 Å². The Labute approximate surface area is 101 Å². The van der Waals surface area contributed by atoms with Crippen molar-refractivity contribution in [3.8, 4) is 6.07 Å². The summed E-state index contributed by atoms with van der Waals surface area (Å²) in [5.74, 6) is -0.813. The number of oxime groups is 1. The fourth-order valence-electron chi connectivity index (χ4n) is 0.853. The first-order valence-electron chi connectivity index (χ1n) is 4.97. The smallest absolute Gasteiger partial charge is 0.419 e. The Kier molecular flexibility index (Phi) is 5.85. The van der Waals surface area contributed by atoms with Crippen molar-refractivity contribution in [2.45, 2.75) is 6.92 Å². The zero-order chi connectivity index (χ0) is 13.5.